The molecule has 0 bridgehead atoms. The smallest absolute Gasteiger partial charge is 0.141 e. The maximum atomic E-state index is 12.8. The third kappa shape index (κ3) is 4.16. The molecule has 0 fully saturated rings. The standard InChI is InChI=1S/C11H15ClFNO/c1-2-14-7-9(15)5-8-3-4-11(13)10(12)6-8/h3-4,6,9,14-15H,2,5,7H2,1H3. The van der Waals surface area contributed by atoms with Crippen LogP contribution in [0.4, 0.5) is 4.39 Å². The van der Waals surface area contributed by atoms with Gasteiger partial charge in [-0.2, -0.15) is 0 Å². The molecule has 1 aromatic carbocycles. The average molecular weight is 232 g/mol. The Balaban J connectivity index is 2.53. The van der Waals surface area contributed by atoms with Crippen LogP contribution in [0.15, 0.2) is 18.2 Å². The summed E-state index contributed by atoms with van der Waals surface area (Å²) in [6.07, 6.45) is 0.0129. The molecule has 0 saturated heterocycles. The lowest BCUT2D eigenvalue weighted by Crippen LogP contribution is -2.28. The summed E-state index contributed by atoms with van der Waals surface area (Å²) in [5.41, 5.74) is 0.840. The third-order valence-corrected chi connectivity index (χ3v) is 2.37. The molecule has 0 aliphatic heterocycles. The highest BCUT2D eigenvalue weighted by atomic mass is 35.5. The van der Waals surface area contributed by atoms with Gasteiger partial charge in [-0.1, -0.05) is 24.6 Å². The van der Waals surface area contributed by atoms with Crippen molar-refractivity contribution in [2.24, 2.45) is 0 Å². The molecule has 0 amide bonds. The van der Waals surface area contributed by atoms with E-state index in [9.17, 15) is 9.50 Å². The van der Waals surface area contributed by atoms with Gasteiger partial charge in [0, 0.05) is 6.54 Å². The first-order valence-corrected chi connectivity index (χ1v) is 5.34. The fourth-order valence-electron chi connectivity index (χ4n) is 1.32. The van der Waals surface area contributed by atoms with Gasteiger partial charge < -0.3 is 10.4 Å². The molecule has 0 aromatic heterocycles. The Morgan fingerprint density at radius 1 is 1.53 bits per heavy atom. The van der Waals surface area contributed by atoms with Crippen molar-refractivity contribution < 1.29 is 9.50 Å². The number of benzene rings is 1. The lowest BCUT2D eigenvalue weighted by atomic mass is 10.1. The molecule has 1 unspecified atom stereocenters. The van der Waals surface area contributed by atoms with Crippen LogP contribution in [0, 0.1) is 5.82 Å². The van der Waals surface area contributed by atoms with Gasteiger partial charge in [0.15, 0.2) is 0 Å². The topological polar surface area (TPSA) is 32.3 Å². The van der Waals surface area contributed by atoms with Crippen molar-refractivity contribution in [2.75, 3.05) is 13.1 Å². The van der Waals surface area contributed by atoms with E-state index in [0.717, 1.165) is 12.1 Å². The fourth-order valence-corrected chi connectivity index (χ4v) is 1.52. The number of hydrogen-bond acceptors (Lipinski definition) is 2. The lowest BCUT2D eigenvalue weighted by Gasteiger charge is -2.11. The Morgan fingerprint density at radius 2 is 2.27 bits per heavy atom. The molecule has 0 saturated carbocycles. The van der Waals surface area contributed by atoms with E-state index < -0.39 is 11.9 Å². The average Bonchev–Trinajstić information content (AvgIpc) is 2.20. The second-order valence-electron chi connectivity index (χ2n) is 3.41. The summed E-state index contributed by atoms with van der Waals surface area (Å²) in [6.45, 7) is 3.33. The highest BCUT2D eigenvalue weighted by Gasteiger charge is 2.06. The Labute approximate surface area is 94.1 Å². The van der Waals surface area contributed by atoms with E-state index in [1.165, 1.54) is 6.07 Å². The van der Waals surface area contributed by atoms with Crippen molar-refractivity contribution in [3.63, 3.8) is 0 Å². The van der Waals surface area contributed by atoms with Gasteiger partial charge in [0.25, 0.3) is 0 Å². The van der Waals surface area contributed by atoms with Gasteiger partial charge >= 0.3 is 0 Å². The van der Waals surface area contributed by atoms with Gasteiger partial charge in [0.2, 0.25) is 0 Å². The van der Waals surface area contributed by atoms with Crippen LogP contribution in [0.25, 0.3) is 0 Å². The van der Waals surface area contributed by atoms with E-state index in [2.05, 4.69) is 5.32 Å². The van der Waals surface area contributed by atoms with Crippen LogP contribution in [0.5, 0.6) is 0 Å². The van der Waals surface area contributed by atoms with E-state index in [4.69, 9.17) is 11.6 Å². The van der Waals surface area contributed by atoms with E-state index in [-0.39, 0.29) is 5.02 Å². The SMILES string of the molecule is CCNCC(O)Cc1ccc(F)c(Cl)c1. The Bertz CT molecular complexity index is 319. The summed E-state index contributed by atoms with van der Waals surface area (Å²) in [7, 11) is 0. The Kier molecular flexibility index (Phi) is 5.02. The van der Waals surface area contributed by atoms with E-state index in [1.807, 2.05) is 6.92 Å². The maximum Gasteiger partial charge on any atom is 0.141 e. The summed E-state index contributed by atoms with van der Waals surface area (Å²) < 4.78 is 12.8. The lowest BCUT2D eigenvalue weighted by molar-refractivity contribution is 0.172. The largest absolute Gasteiger partial charge is 0.391 e. The first-order valence-electron chi connectivity index (χ1n) is 4.96. The normalized spacial score (nSPS) is 12.8. The second kappa shape index (κ2) is 6.05. The zero-order valence-electron chi connectivity index (χ0n) is 8.63. The molecule has 0 aliphatic carbocycles. The van der Waals surface area contributed by atoms with Crippen molar-refractivity contribution in [3.8, 4) is 0 Å². The van der Waals surface area contributed by atoms with E-state index >= 15 is 0 Å². The number of aliphatic hydroxyl groups excluding tert-OH is 1. The number of likely N-dealkylation sites (N-methyl/N-ethyl adjacent to an activating group) is 1. The van der Waals surface area contributed by atoms with Crippen molar-refractivity contribution in [2.45, 2.75) is 19.4 Å². The van der Waals surface area contributed by atoms with Crippen LogP contribution < -0.4 is 5.32 Å². The number of aliphatic hydroxyl groups is 1. The number of halogens is 2. The molecule has 0 heterocycles. The first-order chi connectivity index (χ1) is 7.13. The van der Waals surface area contributed by atoms with Gasteiger partial charge in [-0.15, -0.1) is 0 Å². The van der Waals surface area contributed by atoms with Crippen LogP contribution in [-0.4, -0.2) is 24.3 Å². The van der Waals surface area contributed by atoms with Crippen LogP contribution in [0.1, 0.15) is 12.5 Å². The zero-order valence-corrected chi connectivity index (χ0v) is 9.39. The highest BCUT2D eigenvalue weighted by molar-refractivity contribution is 6.30. The predicted octanol–water partition coefficient (Wildman–Crippen LogP) is 1.99. The maximum absolute atomic E-state index is 12.8. The Morgan fingerprint density at radius 3 is 2.87 bits per heavy atom. The monoisotopic (exact) mass is 231 g/mol. The molecule has 2 N–H and O–H groups in total. The molecule has 0 aliphatic rings. The fraction of sp³-hybridized carbons (Fsp3) is 0.455. The summed E-state index contributed by atoms with van der Waals surface area (Å²) in [5, 5.41) is 12.7. The van der Waals surface area contributed by atoms with Crippen molar-refractivity contribution in [1.82, 2.24) is 5.32 Å². The van der Waals surface area contributed by atoms with Gasteiger partial charge in [0.1, 0.15) is 5.82 Å². The van der Waals surface area contributed by atoms with Crippen LogP contribution in [0.2, 0.25) is 5.02 Å². The minimum Gasteiger partial charge on any atom is -0.391 e. The summed E-state index contributed by atoms with van der Waals surface area (Å²) in [6, 6.07) is 4.50. The van der Waals surface area contributed by atoms with E-state index in [0.29, 0.717) is 13.0 Å². The predicted molar refractivity (Wildman–Crippen MR) is 59.7 cm³/mol. The van der Waals surface area contributed by atoms with Gasteiger partial charge in [-0.05, 0) is 30.7 Å². The molecular weight excluding hydrogens is 217 g/mol. The number of nitrogens with one attached hydrogen (secondary N) is 1. The third-order valence-electron chi connectivity index (χ3n) is 2.09. The first kappa shape index (κ1) is 12.4. The molecule has 0 radical (unpaired) electrons. The minimum atomic E-state index is -0.466. The van der Waals surface area contributed by atoms with Crippen molar-refractivity contribution >= 4 is 11.6 Å². The molecule has 1 rings (SSSR count). The Hall–Kier alpha value is -0.640. The highest BCUT2D eigenvalue weighted by Crippen LogP contribution is 2.16. The molecular formula is C11H15ClFNO. The van der Waals surface area contributed by atoms with Crippen LogP contribution in [0.3, 0.4) is 0 Å². The van der Waals surface area contributed by atoms with Gasteiger partial charge in [0.05, 0.1) is 11.1 Å². The number of rotatable bonds is 5. The molecule has 2 nitrogen and oxygen atoms in total. The van der Waals surface area contributed by atoms with Crippen molar-refractivity contribution in [3.05, 3.63) is 34.6 Å². The molecule has 84 valence electrons. The summed E-state index contributed by atoms with van der Waals surface area (Å²) in [5.74, 6) is -0.429. The molecule has 15 heavy (non-hydrogen) atoms. The van der Waals surface area contributed by atoms with Crippen molar-refractivity contribution in [1.29, 1.82) is 0 Å². The molecule has 4 heteroatoms. The molecule has 0 spiro atoms. The van der Waals surface area contributed by atoms with Gasteiger partial charge in [-0.25, -0.2) is 4.39 Å². The number of hydrogen-bond donors (Lipinski definition) is 2. The summed E-state index contributed by atoms with van der Waals surface area (Å²) in [4.78, 5) is 0. The quantitative estimate of drug-likeness (QED) is 0.813. The zero-order chi connectivity index (χ0) is 11.3. The molecule has 1 aromatic rings. The second-order valence-corrected chi connectivity index (χ2v) is 3.82. The summed E-state index contributed by atoms with van der Waals surface area (Å²) >= 11 is 5.63. The minimum absolute atomic E-state index is 0.100. The van der Waals surface area contributed by atoms with E-state index in [1.54, 1.807) is 12.1 Å². The molecule has 1 atom stereocenters. The van der Waals surface area contributed by atoms with Gasteiger partial charge in [-0.3, -0.25) is 0 Å². The van der Waals surface area contributed by atoms with Crippen LogP contribution >= 0.6 is 11.6 Å². The van der Waals surface area contributed by atoms with Crippen LogP contribution in [-0.2, 0) is 6.42 Å².